The number of H-pyrrole nitrogens is 1. The zero-order valence-electron chi connectivity index (χ0n) is 21.3. The number of fused-ring (bicyclic) bond motifs is 1. The summed E-state index contributed by atoms with van der Waals surface area (Å²) in [7, 11) is -4.18. The van der Waals surface area contributed by atoms with E-state index in [0.717, 1.165) is 18.2 Å². The fourth-order valence-corrected chi connectivity index (χ4v) is 4.64. The fraction of sp³-hybridized carbons (Fsp3) is 0.154. The number of sulfonamides is 1. The first-order chi connectivity index (χ1) is 18.6. The highest BCUT2D eigenvalue weighted by molar-refractivity contribution is 7.89. The summed E-state index contributed by atoms with van der Waals surface area (Å²) in [4.78, 5) is 31.2. The van der Waals surface area contributed by atoms with E-state index < -0.39 is 39.6 Å². The lowest BCUT2D eigenvalue weighted by molar-refractivity contribution is -0.138. The Morgan fingerprint density at radius 1 is 1.05 bits per heavy atom. The van der Waals surface area contributed by atoms with Crippen LogP contribution in [0.2, 0.25) is 0 Å². The number of aromatic amines is 1. The number of aromatic hydroxyl groups is 2. The minimum absolute atomic E-state index is 0.0421. The van der Waals surface area contributed by atoms with Crippen molar-refractivity contribution in [2.24, 2.45) is 10.9 Å². The Bertz CT molecular complexity index is 1810. The molecule has 0 saturated carbocycles. The molecule has 1 amide bonds. The predicted octanol–water partition coefficient (Wildman–Crippen LogP) is 1.72. The first kappa shape index (κ1) is 28.1. The van der Waals surface area contributed by atoms with E-state index in [0.29, 0.717) is 16.6 Å². The van der Waals surface area contributed by atoms with Crippen LogP contribution in [0.4, 0.5) is 0 Å². The van der Waals surface area contributed by atoms with Gasteiger partial charge in [0.05, 0.1) is 26.9 Å². The maximum absolute atomic E-state index is 13.0. The summed E-state index contributed by atoms with van der Waals surface area (Å²) >= 11 is 0. The molecule has 0 aliphatic heterocycles. The zero-order valence-corrected chi connectivity index (χ0v) is 22.1. The lowest BCUT2D eigenvalue weighted by atomic mass is 9.80. The molecule has 13 nitrogen and oxygen atoms in total. The van der Waals surface area contributed by atoms with Crippen molar-refractivity contribution in [2.45, 2.75) is 24.2 Å². The molecule has 1 aromatic heterocycles. The number of nitrogens with one attached hydrogen (secondary N) is 3. The van der Waals surface area contributed by atoms with Crippen LogP contribution in [-0.2, 0) is 25.0 Å². The van der Waals surface area contributed by atoms with Gasteiger partial charge < -0.3 is 31.4 Å². The van der Waals surface area contributed by atoms with Crippen molar-refractivity contribution in [2.75, 3.05) is 6.54 Å². The highest BCUT2D eigenvalue weighted by Crippen LogP contribution is 2.44. The van der Waals surface area contributed by atoms with Gasteiger partial charge >= 0.3 is 5.97 Å². The lowest BCUT2D eigenvalue weighted by Crippen LogP contribution is -2.42. The number of amides is 1. The van der Waals surface area contributed by atoms with Crippen molar-refractivity contribution >= 4 is 38.8 Å². The second-order valence-corrected chi connectivity index (χ2v) is 11.1. The summed E-state index contributed by atoms with van der Waals surface area (Å²) in [6, 6.07) is 11.0. The average molecular weight is 567 g/mol. The summed E-state index contributed by atoms with van der Waals surface area (Å²) in [5, 5.41) is 46.3. The van der Waals surface area contributed by atoms with Gasteiger partial charge in [0, 0.05) is 16.7 Å². The minimum atomic E-state index is -4.18. The number of nitrogens with zero attached hydrogens (tertiary/aromatic N) is 1. The highest BCUT2D eigenvalue weighted by atomic mass is 32.2. The van der Waals surface area contributed by atoms with Gasteiger partial charge in [0.15, 0.2) is 0 Å². The van der Waals surface area contributed by atoms with Crippen LogP contribution in [-0.4, -0.2) is 58.0 Å². The van der Waals surface area contributed by atoms with Gasteiger partial charge in [-0.2, -0.15) is 0 Å². The fourth-order valence-electron chi connectivity index (χ4n) is 4.10. The zero-order chi connectivity index (χ0) is 29.6. The van der Waals surface area contributed by atoms with Crippen molar-refractivity contribution in [1.29, 1.82) is 5.41 Å². The number of amidine groups is 1. The van der Waals surface area contributed by atoms with Gasteiger partial charge in [0.2, 0.25) is 15.9 Å². The summed E-state index contributed by atoms with van der Waals surface area (Å²) in [5.74, 6) is -2.68. The molecule has 14 heteroatoms. The molecule has 208 valence electrons. The van der Waals surface area contributed by atoms with Gasteiger partial charge in [-0.25, -0.2) is 18.5 Å². The molecule has 0 bridgehead atoms. The van der Waals surface area contributed by atoms with E-state index in [9.17, 15) is 28.2 Å². The Morgan fingerprint density at radius 2 is 1.73 bits per heavy atom. The van der Waals surface area contributed by atoms with E-state index in [-0.39, 0.29) is 44.6 Å². The van der Waals surface area contributed by atoms with Crippen molar-refractivity contribution < 1.29 is 33.3 Å². The standard InChI is InChI=1S/C26H26N6O7S/c1-26(2,25(37)30-11-21(34)35)13-8-16(15-10-14(40(29,38)39)4-6-20(15)33)22(36)17(9-13)24-31-18-5-3-12(23(27)28)7-19(18)32-24/h3-10,33,36H,11H2,1-2H3,(H3,27,28)(H,30,37)(H,31,32)(H,34,35)(H2,29,38,39). The molecular weight excluding hydrogens is 540 g/mol. The van der Waals surface area contributed by atoms with Gasteiger partial charge in [-0.05, 0) is 67.9 Å². The van der Waals surface area contributed by atoms with Crippen LogP contribution in [0.3, 0.4) is 0 Å². The SMILES string of the molecule is CC(C)(C(=O)NCC(=O)O)c1cc(-c2nc3ccc(C(=N)N)cc3[nH]2)c(O)c(-c2cc(S(N)(=O)=O)ccc2O)c1. The summed E-state index contributed by atoms with van der Waals surface area (Å²) < 4.78 is 24.0. The van der Waals surface area contributed by atoms with Crippen molar-refractivity contribution in [3.05, 3.63) is 59.7 Å². The van der Waals surface area contributed by atoms with Crippen LogP contribution in [0.1, 0.15) is 25.0 Å². The molecule has 4 rings (SSSR count). The molecule has 1 heterocycles. The van der Waals surface area contributed by atoms with Crippen LogP contribution in [0.25, 0.3) is 33.5 Å². The Labute approximate surface area is 228 Å². The van der Waals surface area contributed by atoms with Gasteiger partial charge in [-0.3, -0.25) is 15.0 Å². The normalized spacial score (nSPS) is 11.9. The number of benzene rings is 3. The number of carboxylic acids is 1. The number of carbonyl (C=O) groups excluding carboxylic acids is 1. The number of phenolic OH excluding ortho intramolecular Hbond substituents is 2. The van der Waals surface area contributed by atoms with Crippen molar-refractivity contribution in [3.63, 3.8) is 0 Å². The average Bonchev–Trinajstić information content (AvgIpc) is 3.30. The third-order valence-corrected chi connectivity index (χ3v) is 7.35. The van der Waals surface area contributed by atoms with Crippen LogP contribution in [0.15, 0.2) is 53.4 Å². The molecule has 0 atom stereocenters. The molecule has 0 fully saturated rings. The highest BCUT2D eigenvalue weighted by Gasteiger charge is 2.33. The van der Waals surface area contributed by atoms with Crippen LogP contribution < -0.4 is 16.2 Å². The van der Waals surface area contributed by atoms with Crippen LogP contribution in [0, 0.1) is 5.41 Å². The molecule has 0 radical (unpaired) electrons. The first-order valence-electron chi connectivity index (χ1n) is 11.7. The number of nitrogens with two attached hydrogens (primary N) is 2. The van der Waals surface area contributed by atoms with E-state index in [1.165, 1.54) is 26.0 Å². The Balaban J connectivity index is 2.00. The Morgan fingerprint density at radius 3 is 2.35 bits per heavy atom. The molecule has 0 saturated heterocycles. The maximum Gasteiger partial charge on any atom is 0.322 e. The molecule has 0 aliphatic rings. The molecule has 4 aromatic rings. The van der Waals surface area contributed by atoms with Gasteiger partial charge in [-0.15, -0.1) is 0 Å². The second-order valence-electron chi connectivity index (χ2n) is 9.58. The number of carbonyl (C=O) groups is 2. The Kier molecular flexibility index (Phi) is 7.00. The maximum atomic E-state index is 13.0. The van der Waals surface area contributed by atoms with Crippen LogP contribution >= 0.6 is 0 Å². The largest absolute Gasteiger partial charge is 0.507 e. The number of hydrogen-bond acceptors (Lipinski definition) is 8. The second kappa shape index (κ2) is 9.98. The van der Waals surface area contributed by atoms with E-state index in [4.69, 9.17) is 21.4 Å². The third-order valence-electron chi connectivity index (χ3n) is 6.43. The number of aromatic nitrogens is 2. The van der Waals surface area contributed by atoms with Crippen LogP contribution in [0.5, 0.6) is 11.5 Å². The van der Waals surface area contributed by atoms with Crippen molar-refractivity contribution in [3.8, 4) is 34.0 Å². The number of phenols is 2. The van der Waals surface area contributed by atoms with E-state index in [1.807, 2.05) is 0 Å². The molecule has 0 unspecified atom stereocenters. The van der Waals surface area contributed by atoms with Gasteiger partial charge in [0.1, 0.15) is 29.7 Å². The van der Waals surface area contributed by atoms with Gasteiger partial charge in [-0.1, -0.05) is 0 Å². The Hall–Kier alpha value is -4.95. The molecule has 0 spiro atoms. The summed E-state index contributed by atoms with van der Waals surface area (Å²) in [5.41, 5.74) is 5.86. The molecule has 0 aliphatic carbocycles. The molecule has 3 aromatic carbocycles. The summed E-state index contributed by atoms with van der Waals surface area (Å²) in [6.45, 7) is 2.43. The van der Waals surface area contributed by atoms with E-state index >= 15 is 0 Å². The predicted molar refractivity (Wildman–Crippen MR) is 146 cm³/mol. The van der Waals surface area contributed by atoms with Crippen molar-refractivity contribution in [1.82, 2.24) is 15.3 Å². The number of imidazole rings is 1. The number of carboxylic acid groups (broad SMARTS) is 1. The summed E-state index contributed by atoms with van der Waals surface area (Å²) in [6.07, 6.45) is 0. The molecule has 40 heavy (non-hydrogen) atoms. The number of nitrogen functional groups attached to an aromatic ring is 1. The first-order valence-corrected chi connectivity index (χ1v) is 13.2. The molecular formula is C26H26N6O7S. The van der Waals surface area contributed by atoms with Gasteiger partial charge in [0.25, 0.3) is 0 Å². The number of aliphatic carboxylic acids is 1. The van der Waals surface area contributed by atoms with E-state index in [2.05, 4.69) is 15.3 Å². The third kappa shape index (κ3) is 5.30. The number of primary sulfonamides is 1. The quantitative estimate of drug-likeness (QED) is 0.114. The lowest BCUT2D eigenvalue weighted by Gasteiger charge is -2.26. The smallest absolute Gasteiger partial charge is 0.322 e. The number of rotatable bonds is 8. The number of hydrogen-bond donors (Lipinski definition) is 8. The molecule has 10 N–H and O–H groups in total. The van der Waals surface area contributed by atoms with E-state index in [1.54, 1.807) is 18.2 Å². The minimum Gasteiger partial charge on any atom is -0.507 e. The monoisotopic (exact) mass is 566 g/mol. The topological polar surface area (TPSA) is 246 Å².